The standard InChI is InChI=1S/C27H38N2O5S/c1-27(2,3)22-9-11-23(12-10-22)34-19-16-28-26(30)15-8-21-20-24(13-14-25(21)33-4)35(31,32)29-17-6-5-7-18-29/h9-14,20H,5-8,15-19H2,1-4H3,(H,28,30). The molecule has 0 unspecified atom stereocenters. The van der Waals surface area contributed by atoms with Crippen LogP contribution in [0.15, 0.2) is 47.4 Å². The molecule has 1 aliphatic rings. The molecule has 192 valence electrons. The summed E-state index contributed by atoms with van der Waals surface area (Å²) in [5.41, 5.74) is 2.03. The number of benzene rings is 2. The molecule has 0 spiro atoms. The summed E-state index contributed by atoms with van der Waals surface area (Å²) < 4.78 is 38.7. The zero-order valence-electron chi connectivity index (χ0n) is 21.3. The number of nitrogens with zero attached hydrogens (tertiary/aromatic N) is 1. The van der Waals surface area contributed by atoms with Crippen LogP contribution >= 0.6 is 0 Å². The fourth-order valence-corrected chi connectivity index (χ4v) is 5.68. The summed E-state index contributed by atoms with van der Waals surface area (Å²) in [7, 11) is -2.00. The second-order valence-corrected chi connectivity index (χ2v) is 11.8. The summed E-state index contributed by atoms with van der Waals surface area (Å²) in [5.74, 6) is 1.23. The van der Waals surface area contributed by atoms with Crippen molar-refractivity contribution in [2.24, 2.45) is 0 Å². The highest BCUT2D eigenvalue weighted by molar-refractivity contribution is 7.89. The molecule has 3 rings (SSSR count). The average Bonchev–Trinajstić information content (AvgIpc) is 2.85. The van der Waals surface area contributed by atoms with E-state index in [4.69, 9.17) is 9.47 Å². The van der Waals surface area contributed by atoms with Gasteiger partial charge in [-0.05, 0) is 66.1 Å². The molecule has 0 aliphatic carbocycles. The number of nitrogens with one attached hydrogen (secondary N) is 1. The Bertz CT molecular complexity index is 1090. The zero-order chi connectivity index (χ0) is 25.5. The Morgan fingerprint density at radius 2 is 1.71 bits per heavy atom. The molecular weight excluding hydrogens is 464 g/mol. The molecular formula is C27H38N2O5S. The maximum absolute atomic E-state index is 13.0. The lowest BCUT2D eigenvalue weighted by atomic mass is 9.87. The number of hydrogen-bond acceptors (Lipinski definition) is 5. The number of ether oxygens (including phenoxy) is 2. The first kappa shape index (κ1) is 27.0. The van der Waals surface area contributed by atoms with Gasteiger partial charge in [0, 0.05) is 19.5 Å². The highest BCUT2D eigenvalue weighted by Crippen LogP contribution is 2.27. The Hall–Kier alpha value is -2.58. The van der Waals surface area contributed by atoms with Gasteiger partial charge >= 0.3 is 0 Å². The summed E-state index contributed by atoms with van der Waals surface area (Å²) >= 11 is 0. The number of carbonyl (C=O) groups excluding carboxylic acids is 1. The molecule has 7 nitrogen and oxygen atoms in total. The van der Waals surface area contributed by atoms with Crippen molar-refractivity contribution in [3.05, 3.63) is 53.6 Å². The smallest absolute Gasteiger partial charge is 0.243 e. The van der Waals surface area contributed by atoms with E-state index in [9.17, 15) is 13.2 Å². The Morgan fingerprint density at radius 1 is 1.03 bits per heavy atom. The first-order valence-electron chi connectivity index (χ1n) is 12.3. The van der Waals surface area contributed by atoms with Gasteiger partial charge in [-0.3, -0.25) is 4.79 Å². The van der Waals surface area contributed by atoms with Crippen molar-refractivity contribution in [1.82, 2.24) is 9.62 Å². The molecule has 1 saturated heterocycles. The average molecular weight is 503 g/mol. The molecule has 0 aromatic heterocycles. The summed E-state index contributed by atoms with van der Waals surface area (Å²) in [4.78, 5) is 12.6. The van der Waals surface area contributed by atoms with Gasteiger partial charge in [-0.2, -0.15) is 4.31 Å². The van der Waals surface area contributed by atoms with Crippen LogP contribution in [0, 0.1) is 0 Å². The van der Waals surface area contributed by atoms with E-state index in [1.54, 1.807) is 29.6 Å². The van der Waals surface area contributed by atoms with Gasteiger partial charge in [-0.25, -0.2) is 8.42 Å². The lowest BCUT2D eigenvalue weighted by molar-refractivity contribution is -0.121. The second kappa shape index (κ2) is 11.9. The van der Waals surface area contributed by atoms with Crippen LogP contribution in [0.2, 0.25) is 0 Å². The monoisotopic (exact) mass is 502 g/mol. The summed E-state index contributed by atoms with van der Waals surface area (Å²) in [6.07, 6.45) is 3.43. The topological polar surface area (TPSA) is 84.9 Å². The molecule has 1 N–H and O–H groups in total. The summed E-state index contributed by atoms with van der Waals surface area (Å²) in [5, 5.41) is 2.86. The van der Waals surface area contributed by atoms with Crippen LogP contribution in [0.5, 0.6) is 11.5 Å². The number of carbonyl (C=O) groups is 1. The third-order valence-electron chi connectivity index (χ3n) is 6.24. The van der Waals surface area contributed by atoms with Gasteiger partial charge in [-0.1, -0.05) is 39.3 Å². The van der Waals surface area contributed by atoms with Crippen molar-refractivity contribution in [3.63, 3.8) is 0 Å². The fraction of sp³-hybridized carbons (Fsp3) is 0.519. The van der Waals surface area contributed by atoms with Crippen LogP contribution in [-0.4, -0.2) is 52.0 Å². The lowest BCUT2D eigenvalue weighted by Gasteiger charge is -2.26. The minimum absolute atomic E-state index is 0.0897. The van der Waals surface area contributed by atoms with Crippen molar-refractivity contribution >= 4 is 15.9 Å². The maximum Gasteiger partial charge on any atom is 0.243 e. The van der Waals surface area contributed by atoms with E-state index in [2.05, 4.69) is 38.2 Å². The largest absolute Gasteiger partial charge is 0.496 e. The van der Waals surface area contributed by atoms with Gasteiger partial charge < -0.3 is 14.8 Å². The van der Waals surface area contributed by atoms with Crippen LogP contribution in [-0.2, 0) is 26.7 Å². The van der Waals surface area contributed by atoms with E-state index in [-0.39, 0.29) is 22.6 Å². The van der Waals surface area contributed by atoms with Crippen molar-refractivity contribution < 1.29 is 22.7 Å². The van der Waals surface area contributed by atoms with Crippen molar-refractivity contribution in [1.29, 1.82) is 0 Å². The van der Waals surface area contributed by atoms with E-state index in [0.29, 0.717) is 44.0 Å². The normalized spacial score (nSPS) is 15.0. The van der Waals surface area contributed by atoms with Gasteiger partial charge in [0.25, 0.3) is 0 Å². The third kappa shape index (κ3) is 7.45. The predicted octanol–water partition coefficient (Wildman–Crippen LogP) is 4.30. The predicted molar refractivity (Wildman–Crippen MR) is 138 cm³/mol. The van der Waals surface area contributed by atoms with Crippen molar-refractivity contribution in [2.75, 3.05) is 33.4 Å². The second-order valence-electron chi connectivity index (χ2n) is 9.91. The van der Waals surface area contributed by atoms with Crippen molar-refractivity contribution in [2.45, 2.75) is 63.2 Å². The van der Waals surface area contributed by atoms with Crippen LogP contribution in [0.3, 0.4) is 0 Å². The number of sulfonamides is 1. The molecule has 1 aliphatic heterocycles. The van der Waals surface area contributed by atoms with Gasteiger partial charge in [0.05, 0.1) is 18.6 Å². The van der Waals surface area contributed by atoms with E-state index in [0.717, 1.165) is 25.0 Å². The molecule has 0 radical (unpaired) electrons. The van der Waals surface area contributed by atoms with E-state index in [1.807, 2.05) is 12.1 Å². The lowest BCUT2D eigenvalue weighted by Crippen LogP contribution is -2.35. The van der Waals surface area contributed by atoms with Crippen LogP contribution in [0.4, 0.5) is 0 Å². The Morgan fingerprint density at radius 3 is 2.34 bits per heavy atom. The van der Waals surface area contributed by atoms with E-state index >= 15 is 0 Å². The summed E-state index contributed by atoms with van der Waals surface area (Å²) in [6.45, 7) is 8.35. The number of amides is 1. The highest BCUT2D eigenvalue weighted by atomic mass is 32.2. The van der Waals surface area contributed by atoms with Gasteiger partial charge in [-0.15, -0.1) is 0 Å². The zero-order valence-corrected chi connectivity index (χ0v) is 22.1. The van der Waals surface area contributed by atoms with Crippen LogP contribution in [0.25, 0.3) is 0 Å². The quantitative estimate of drug-likeness (QED) is 0.490. The van der Waals surface area contributed by atoms with Gasteiger partial charge in [0.15, 0.2) is 0 Å². The number of methoxy groups -OCH3 is 1. The first-order valence-corrected chi connectivity index (χ1v) is 13.7. The highest BCUT2D eigenvalue weighted by Gasteiger charge is 2.26. The molecule has 8 heteroatoms. The number of piperidine rings is 1. The molecule has 1 amide bonds. The molecule has 2 aromatic rings. The molecule has 2 aromatic carbocycles. The van der Waals surface area contributed by atoms with Gasteiger partial charge in [0.1, 0.15) is 18.1 Å². The molecule has 0 saturated carbocycles. The summed E-state index contributed by atoms with van der Waals surface area (Å²) in [6, 6.07) is 12.9. The van der Waals surface area contributed by atoms with E-state index < -0.39 is 10.0 Å². The minimum atomic E-state index is -3.54. The molecule has 35 heavy (non-hydrogen) atoms. The Labute approximate surface area is 209 Å². The number of aryl methyl sites for hydroxylation is 1. The first-order chi connectivity index (χ1) is 16.6. The minimum Gasteiger partial charge on any atom is -0.496 e. The maximum atomic E-state index is 13.0. The Kier molecular flexibility index (Phi) is 9.19. The number of rotatable bonds is 10. The SMILES string of the molecule is COc1ccc(S(=O)(=O)N2CCCCC2)cc1CCC(=O)NCCOc1ccc(C(C)(C)C)cc1. The fourth-order valence-electron chi connectivity index (χ4n) is 4.11. The Balaban J connectivity index is 1.50. The van der Waals surface area contributed by atoms with E-state index in [1.165, 1.54) is 5.56 Å². The molecule has 0 atom stereocenters. The van der Waals surface area contributed by atoms with Gasteiger partial charge in [0.2, 0.25) is 15.9 Å². The third-order valence-corrected chi connectivity index (χ3v) is 8.13. The molecule has 1 fully saturated rings. The molecule has 0 bridgehead atoms. The van der Waals surface area contributed by atoms with Crippen LogP contribution in [0.1, 0.15) is 57.6 Å². The van der Waals surface area contributed by atoms with Crippen LogP contribution < -0.4 is 14.8 Å². The van der Waals surface area contributed by atoms with Crippen molar-refractivity contribution in [3.8, 4) is 11.5 Å². The number of hydrogen-bond donors (Lipinski definition) is 1. The molecule has 1 heterocycles.